The van der Waals surface area contributed by atoms with Crippen LogP contribution in [0.5, 0.6) is 0 Å². The summed E-state index contributed by atoms with van der Waals surface area (Å²) in [7, 11) is -3.22. The van der Waals surface area contributed by atoms with Crippen LogP contribution in [-0.4, -0.2) is 33.8 Å². The van der Waals surface area contributed by atoms with E-state index in [2.05, 4.69) is 15.4 Å². The molecule has 1 heterocycles. The predicted molar refractivity (Wildman–Crippen MR) is 73.8 cm³/mol. The van der Waals surface area contributed by atoms with Crippen molar-refractivity contribution in [3.63, 3.8) is 0 Å². The molecule has 0 saturated carbocycles. The van der Waals surface area contributed by atoms with E-state index in [4.69, 9.17) is 4.42 Å². The molecule has 1 aromatic rings. The maximum absolute atomic E-state index is 11.7. The van der Waals surface area contributed by atoms with Crippen molar-refractivity contribution in [3.05, 3.63) is 23.7 Å². The molecular weight excluding hydrogens is 282 g/mol. The minimum Gasteiger partial charge on any atom is -0.469 e. The first-order valence-corrected chi connectivity index (χ1v) is 8.40. The molecule has 1 aliphatic rings. The molecule has 1 unspecified atom stereocenters. The van der Waals surface area contributed by atoms with E-state index < -0.39 is 10.0 Å². The van der Waals surface area contributed by atoms with Gasteiger partial charge in [0.25, 0.3) is 0 Å². The van der Waals surface area contributed by atoms with Gasteiger partial charge < -0.3 is 15.1 Å². The van der Waals surface area contributed by atoms with Crippen LogP contribution < -0.4 is 15.4 Å². The highest BCUT2D eigenvalue weighted by Crippen LogP contribution is 2.30. The lowest BCUT2D eigenvalue weighted by Gasteiger charge is -2.22. The molecule has 1 atom stereocenters. The monoisotopic (exact) mass is 301 g/mol. The van der Waals surface area contributed by atoms with Crippen molar-refractivity contribution in [1.29, 1.82) is 0 Å². The molecule has 2 amide bonds. The number of hydrogen-bond acceptors (Lipinski definition) is 4. The van der Waals surface area contributed by atoms with E-state index in [-0.39, 0.29) is 25.2 Å². The van der Waals surface area contributed by atoms with E-state index in [0.29, 0.717) is 0 Å². The van der Waals surface area contributed by atoms with Crippen molar-refractivity contribution in [1.82, 2.24) is 15.4 Å². The van der Waals surface area contributed by atoms with Gasteiger partial charge in [0.2, 0.25) is 10.0 Å². The van der Waals surface area contributed by atoms with Crippen LogP contribution in [0.2, 0.25) is 0 Å². The lowest BCUT2D eigenvalue weighted by Crippen LogP contribution is -2.42. The van der Waals surface area contributed by atoms with Crippen LogP contribution in [0.25, 0.3) is 0 Å². The van der Waals surface area contributed by atoms with Crippen LogP contribution in [0.15, 0.2) is 16.7 Å². The molecule has 0 bridgehead atoms. The topological polar surface area (TPSA) is 100 Å². The van der Waals surface area contributed by atoms with E-state index in [0.717, 1.165) is 36.8 Å². The Morgan fingerprint density at radius 3 is 3.00 bits per heavy atom. The zero-order valence-electron chi connectivity index (χ0n) is 11.3. The van der Waals surface area contributed by atoms with Crippen LogP contribution in [0.1, 0.15) is 30.2 Å². The van der Waals surface area contributed by atoms with E-state index in [1.807, 2.05) is 6.07 Å². The van der Waals surface area contributed by atoms with E-state index in [9.17, 15) is 13.2 Å². The van der Waals surface area contributed by atoms with Crippen molar-refractivity contribution in [2.24, 2.45) is 0 Å². The summed E-state index contributed by atoms with van der Waals surface area (Å²) in [4.78, 5) is 11.7. The first kappa shape index (κ1) is 14.9. The summed E-state index contributed by atoms with van der Waals surface area (Å²) in [5.74, 6) is 0.931. The molecule has 112 valence electrons. The fraction of sp³-hybridized carbons (Fsp3) is 0.583. The third kappa shape index (κ3) is 4.24. The van der Waals surface area contributed by atoms with Gasteiger partial charge in [0.15, 0.2) is 0 Å². The second kappa shape index (κ2) is 6.27. The molecule has 1 aromatic heterocycles. The van der Waals surface area contributed by atoms with Crippen molar-refractivity contribution >= 4 is 16.1 Å². The van der Waals surface area contributed by atoms with Gasteiger partial charge in [-0.2, -0.15) is 0 Å². The first-order chi connectivity index (χ1) is 9.46. The number of nitrogens with one attached hydrogen (secondary N) is 3. The molecule has 0 saturated heterocycles. The number of aryl methyl sites for hydroxylation is 1. The number of hydrogen-bond donors (Lipinski definition) is 3. The summed E-state index contributed by atoms with van der Waals surface area (Å²) in [5, 5.41) is 5.49. The zero-order valence-corrected chi connectivity index (χ0v) is 12.1. The van der Waals surface area contributed by atoms with Crippen LogP contribution in [0.4, 0.5) is 4.79 Å². The van der Waals surface area contributed by atoms with Gasteiger partial charge in [-0.05, 0) is 18.9 Å². The van der Waals surface area contributed by atoms with Crippen molar-refractivity contribution in [2.45, 2.75) is 25.3 Å². The molecule has 7 nitrogen and oxygen atoms in total. The second-order valence-electron chi connectivity index (χ2n) is 4.81. The van der Waals surface area contributed by atoms with E-state index in [1.165, 1.54) is 0 Å². The fourth-order valence-corrected chi connectivity index (χ4v) is 2.73. The Labute approximate surface area is 118 Å². The molecule has 1 aliphatic carbocycles. The predicted octanol–water partition coefficient (Wildman–Crippen LogP) is 0.505. The van der Waals surface area contributed by atoms with Crippen molar-refractivity contribution < 1.29 is 17.6 Å². The summed E-state index contributed by atoms with van der Waals surface area (Å²) < 4.78 is 29.4. The molecule has 0 radical (unpaired) electrons. The highest BCUT2D eigenvalue weighted by atomic mass is 32.2. The normalized spacial score (nSPS) is 18.4. The minimum atomic E-state index is -3.22. The van der Waals surface area contributed by atoms with Gasteiger partial charge in [-0.1, -0.05) is 0 Å². The quantitative estimate of drug-likeness (QED) is 0.690. The third-order valence-electron chi connectivity index (χ3n) is 3.13. The van der Waals surface area contributed by atoms with Gasteiger partial charge in [0.05, 0.1) is 18.6 Å². The van der Waals surface area contributed by atoms with E-state index >= 15 is 0 Å². The molecule has 0 aliphatic heterocycles. The van der Waals surface area contributed by atoms with Crippen LogP contribution in [-0.2, 0) is 16.4 Å². The molecule has 0 aromatic carbocycles. The van der Waals surface area contributed by atoms with Crippen LogP contribution >= 0.6 is 0 Å². The highest BCUT2D eigenvalue weighted by molar-refractivity contribution is 7.88. The summed E-state index contributed by atoms with van der Waals surface area (Å²) in [6.07, 6.45) is 5.47. The van der Waals surface area contributed by atoms with Gasteiger partial charge in [0.1, 0.15) is 5.76 Å². The molecule has 20 heavy (non-hydrogen) atoms. The summed E-state index contributed by atoms with van der Waals surface area (Å²) in [6.45, 7) is 0.414. The summed E-state index contributed by atoms with van der Waals surface area (Å²) in [6, 6.07) is 1.53. The fourth-order valence-electron chi connectivity index (χ4n) is 2.26. The van der Waals surface area contributed by atoms with Gasteiger partial charge in [-0.25, -0.2) is 17.9 Å². The van der Waals surface area contributed by atoms with Gasteiger partial charge in [-0.3, -0.25) is 0 Å². The largest absolute Gasteiger partial charge is 0.469 e. The maximum atomic E-state index is 11.7. The smallest absolute Gasteiger partial charge is 0.315 e. The molecular formula is C12H19N3O4S. The summed E-state index contributed by atoms with van der Waals surface area (Å²) >= 11 is 0. The molecule has 0 spiro atoms. The number of sulfonamides is 1. The average molecular weight is 301 g/mol. The molecule has 8 heteroatoms. The number of furan rings is 1. The number of rotatable bonds is 5. The first-order valence-electron chi connectivity index (χ1n) is 6.51. The summed E-state index contributed by atoms with van der Waals surface area (Å²) in [5.41, 5.74) is 1.03. The zero-order chi connectivity index (χ0) is 14.6. The maximum Gasteiger partial charge on any atom is 0.315 e. The molecule has 0 fully saturated rings. The van der Waals surface area contributed by atoms with E-state index in [1.54, 1.807) is 6.26 Å². The van der Waals surface area contributed by atoms with Gasteiger partial charge >= 0.3 is 6.03 Å². The Morgan fingerprint density at radius 1 is 1.45 bits per heavy atom. The third-order valence-corrected chi connectivity index (χ3v) is 3.86. The van der Waals surface area contributed by atoms with Crippen LogP contribution in [0.3, 0.4) is 0 Å². The van der Waals surface area contributed by atoms with Gasteiger partial charge in [-0.15, -0.1) is 0 Å². The SMILES string of the molecule is CS(=O)(=O)NCCNC(=O)NC1CCCc2occc21. The number of urea groups is 1. The Kier molecular flexibility index (Phi) is 4.66. The van der Waals surface area contributed by atoms with Crippen molar-refractivity contribution in [2.75, 3.05) is 19.3 Å². The number of carbonyl (C=O) groups is 1. The lowest BCUT2D eigenvalue weighted by atomic mass is 9.93. The van der Waals surface area contributed by atoms with Crippen LogP contribution in [0, 0.1) is 0 Å². The Balaban J connectivity index is 1.76. The number of amides is 2. The highest BCUT2D eigenvalue weighted by Gasteiger charge is 2.23. The van der Waals surface area contributed by atoms with Crippen molar-refractivity contribution in [3.8, 4) is 0 Å². The number of carbonyl (C=O) groups excluding carboxylic acids is 1. The Morgan fingerprint density at radius 2 is 2.25 bits per heavy atom. The number of fused-ring (bicyclic) bond motifs is 1. The second-order valence-corrected chi connectivity index (χ2v) is 6.64. The van der Waals surface area contributed by atoms with Gasteiger partial charge in [0, 0.05) is 25.1 Å². The lowest BCUT2D eigenvalue weighted by molar-refractivity contribution is 0.235. The Bertz CT molecular complexity index is 567. The Hall–Kier alpha value is -1.54. The average Bonchev–Trinajstić information content (AvgIpc) is 2.83. The minimum absolute atomic E-state index is 0.0413. The molecule has 2 rings (SSSR count). The standard InChI is InChI=1S/C12H19N3O4S/c1-20(17,18)14-7-6-13-12(16)15-10-3-2-4-11-9(10)5-8-19-11/h5,8,10,14H,2-4,6-7H2,1H3,(H2,13,15,16). The molecule has 3 N–H and O–H groups in total.